The number of ether oxygens (including phenoxy) is 1. The van der Waals surface area contributed by atoms with Crippen LogP contribution in [0.2, 0.25) is 0 Å². The molecule has 128 valence electrons. The summed E-state index contributed by atoms with van der Waals surface area (Å²) in [6.07, 6.45) is 3.71. The van der Waals surface area contributed by atoms with Gasteiger partial charge in [0.05, 0.1) is 7.11 Å². The molecule has 1 aromatic carbocycles. The number of rotatable bonds is 7. The van der Waals surface area contributed by atoms with Gasteiger partial charge in [-0.3, -0.25) is 9.59 Å². The molecule has 7 nitrogen and oxygen atoms in total. The highest BCUT2D eigenvalue weighted by Gasteiger charge is 2.21. The van der Waals surface area contributed by atoms with Crippen molar-refractivity contribution in [3.05, 3.63) is 48.0 Å². The van der Waals surface area contributed by atoms with Gasteiger partial charge in [0.15, 0.2) is 0 Å². The van der Waals surface area contributed by atoms with Crippen molar-refractivity contribution in [1.82, 2.24) is 20.2 Å². The van der Waals surface area contributed by atoms with E-state index < -0.39 is 6.04 Å². The molecule has 0 radical (unpaired) electrons. The molecule has 0 spiro atoms. The van der Waals surface area contributed by atoms with E-state index in [0.29, 0.717) is 12.3 Å². The van der Waals surface area contributed by atoms with Crippen LogP contribution in [0.4, 0.5) is 0 Å². The zero-order chi connectivity index (χ0) is 17.5. The Bertz CT molecular complexity index is 711. The van der Waals surface area contributed by atoms with Gasteiger partial charge in [-0.05, 0) is 17.7 Å². The predicted molar refractivity (Wildman–Crippen MR) is 89.5 cm³/mol. The van der Waals surface area contributed by atoms with Gasteiger partial charge in [0.2, 0.25) is 11.8 Å². The number of imidazole rings is 1. The number of nitrogens with one attached hydrogen (secondary N) is 2. The van der Waals surface area contributed by atoms with Gasteiger partial charge in [0.25, 0.3) is 0 Å². The molecule has 1 unspecified atom stereocenters. The third-order valence-electron chi connectivity index (χ3n) is 3.58. The average molecular weight is 330 g/mol. The van der Waals surface area contributed by atoms with Crippen LogP contribution in [0.1, 0.15) is 30.8 Å². The van der Waals surface area contributed by atoms with E-state index in [4.69, 9.17) is 4.74 Å². The fourth-order valence-corrected chi connectivity index (χ4v) is 2.36. The fraction of sp³-hybridized carbons (Fsp3) is 0.353. The normalized spacial score (nSPS) is 11.6. The van der Waals surface area contributed by atoms with Gasteiger partial charge in [-0.2, -0.15) is 0 Å². The van der Waals surface area contributed by atoms with Crippen molar-refractivity contribution in [2.24, 2.45) is 7.05 Å². The van der Waals surface area contributed by atoms with Gasteiger partial charge in [-0.25, -0.2) is 4.98 Å². The molecular formula is C17H22N4O3. The number of carbonyl (C=O) groups is 2. The van der Waals surface area contributed by atoms with Crippen LogP contribution < -0.4 is 15.4 Å². The molecule has 7 heteroatoms. The molecule has 2 N–H and O–H groups in total. The minimum atomic E-state index is -0.398. The van der Waals surface area contributed by atoms with Gasteiger partial charge in [0.1, 0.15) is 17.6 Å². The van der Waals surface area contributed by atoms with Gasteiger partial charge >= 0.3 is 0 Å². The first-order chi connectivity index (χ1) is 11.5. The second kappa shape index (κ2) is 8.14. The average Bonchev–Trinajstić information content (AvgIpc) is 2.98. The maximum Gasteiger partial charge on any atom is 0.222 e. The van der Waals surface area contributed by atoms with Crippen molar-refractivity contribution < 1.29 is 14.3 Å². The molecule has 1 aromatic heterocycles. The first-order valence-electron chi connectivity index (χ1n) is 7.66. The molecule has 0 aliphatic rings. The Kier molecular flexibility index (Phi) is 5.95. The topological polar surface area (TPSA) is 85.2 Å². The lowest BCUT2D eigenvalue weighted by molar-refractivity contribution is -0.122. The zero-order valence-corrected chi connectivity index (χ0v) is 14.1. The summed E-state index contributed by atoms with van der Waals surface area (Å²) in [5.74, 6) is 1.10. The van der Waals surface area contributed by atoms with Crippen LogP contribution in [0.3, 0.4) is 0 Å². The summed E-state index contributed by atoms with van der Waals surface area (Å²) >= 11 is 0. The molecule has 1 heterocycles. The number of hydrogen-bond acceptors (Lipinski definition) is 4. The minimum absolute atomic E-state index is 0.156. The molecule has 0 bridgehead atoms. The Labute approximate surface area is 141 Å². The van der Waals surface area contributed by atoms with Gasteiger partial charge in [-0.1, -0.05) is 12.1 Å². The lowest BCUT2D eigenvalue weighted by Gasteiger charge is -2.20. The van der Waals surface area contributed by atoms with E-state index >= 15 is 0 Å². The SMILES string of the molecule is COc1cccc(C(NC(=O)CCNC(C)=O)c2nccn2C)c1. The molecule has 2 rings (SSSR count). The van der Waals surface area contributed by atoms with Crippen molar-refractivity contribution in [1.29, 1.82) is 0 Å². The highest BCUT2D eigenvalue weighted by Crippen LogP contribution is 2.24. The van der Waals surface area contributed by atoms with Crippen LogP contribution in [0.5, 0.6) is 5.75 Å². The Hall–Kier alpha value is -2.83. The number of amides is 2. The number of aryl methyl sites for hydroxylation is 1. The maximum atomic E-state index is 12.2. The van der Waals surface area contributed by atoms with Crippen molar-refractivity contribution >= 4 is 11.8 Å². The second-order valence-electron chi connectivity index (χ2n) is 5.41. The standard InChI is InChI=1S/C17H22N4O3/c1-12(22)18-8-7-15(23)20-16(17-19-9-10-21(17)2)13-5-4-6-14(11-13)24-3/h4-6,9-11,16H,7-8H2,1-3H3,(H,18,22)(H,20,23). The number of aromatic nitrogens is 2. The van der Waals surface area contributed by atoms with Crippen molar-refractivity contribution in [2.75, 3.05) is 13.7 Å². The van der Waals surface area contributed by atoms with Crippen LogP contribution in [0.25, 0.3) is 0 Å². The Balaban J connectivity index is 2.19. The summed E-state index contributed by atoms with van der Waals surface area (Å²) in [6, 6.07) is 7.10. The van der Waals surface area contributed by atoms with Crippen LogP contribution >= 0.6 is 0 Å². The molecule has 0 aliphatic heterocycles. The van der Waals surface area contributed by atoms with E-state index in [9.17, 15) is 9.59 Å². The van der Waals surface area contributed by atoms with Crippen LogP contribution in [0, 0.1) is 0 Å². The Morgan fingerprint density at radius 2 is 2.17 bits per heavy atom. The number of carbonyl (C=O) groups excluding carboxylic acids is 2. The zero-order valence-electron chi connectivity index (χ0n) is 14.1. The first-order valence-corrected chi connectivity index (χ1v) is 7.66. The molecule has 0 saturated carbocycles. The molecule has 24 heavy (non-hydrogen) atoms. The third kappa shape index (κ3) is 4.58. The number of benzene rings is 1. The van der Waals surface area contributed by atoms with Crippen LogP contribution in [-0.2, 0) is 16.6 Å². The second-order valence-corrected chi connectivity index (χ2v) is 5.41. The van der Waals surface area contributed by atoms with Crippen molar-refractivity contribution in [2.45, 2.75) is 19.4 Å². The molecule has 2 aromatic rings. The summed E-state index contributed by atoms with van der Waals surface area (Å²) in [5, 5.41) is 5.59. The quantitative estimate of drug-likeness (QED) is 0.798. The Morgan fingerprint density at radius 3 is 2.79 bits per heavy atom. The summed E-state index contributed by atoms with van der Waals surface area (Å²) in [7, 11) is 3.47. The minimum Gasteiger partial charge on any atom is -0.497 e. The predicted octanol–water partition coefficient (Wildman–Crippen LogP) is 1.16. The van der Waals surface area contributed by atoms with E-state index in [-0.39, 0.29) is 18.2 Å². The van der Waals surface area contributed by atoms with Gasteiger partial charge in [-0.15, -0.1) is 0 Å². The number of methoxy groups -OCH3 is 1. The molecule has 1 atom stereocenters. The Morgan fingerprint density at radius 1 is 1.38 bits per heavy atom. The van der Waals surface area contributed by atoms with Gasteiger partial charge < -0.3 is 19.9 Å². The highest BCUT2D eigenvalue weighted by molar-refractivity contribution is 5.78. The monoisotopic (exact) mass is 330 g/mol. The molecule has 0 aliphatic carbocycles. The fourth-order valence-electron chi connectivity index (χ4n) is 2.36. The lowest BCUT2D eigenvalue weighted by Crippen LogP contribution is -2.33. The maximum absolute atomic E-state index is 12.2. The largest absolute Gasteiger partial charge is 0.497 e. The summed E-state index contributed by atoms with van der Waals surface area (Å²) in [4.78, 5) is 27.5. The summed E-state index contributed by atoms with van der Waals surface area (Å²) in [5.41, 5.74) is 0.872. The third-order valence-corrected chi connectivity index (χ3v) is 3.58. The summed E-state index contributed by atoms with van der Waals surface area (Å²) in [6.45, 7) is 1.72. The molecular weight excluding hydrogens is 308 g/mol. The molecule has 0 fully saturated rings. The van der Waals surface area contributed by atoms with E-state index in [1.165, 1.54) is 6.92 Å². The van der Waals surface area contributed by atoms with Crippen molar-refractivity contribution in [3.63, 3.8) is 0 Å². The number of nitrogens with zero attached hydrogens (tertiary/aromatic N) is 2. The molecule has 0 saturated heterocycles. The number of hydrogen-bond donors (Lipinski definition) is 2. The first kappa shape index (κ1) is 17.5. The van der Waals surface area contributed by atoms with Crippen molar-refractivity contribution in [3.8, 4) is 5.75 Å². The smallest absolute Gasteiger partial charge is 0.222 e. The molecule has 2 amide bonds. The lowest BCUT2D eigenvalue weighted by atomic mass is 10.1. The van der Waals surface area contributed by atoms with E-state index in [1.54, 1.807) is 13.3 Å². The van der Waals surface area contributed by atoms with E-state index in [1.807, 2.05) is 42.1 Å². The van der Waals surface area contributed by atoms with E-state index in [0.717, 1.165) is 11.4 Å². The van der Waals surface area contributed by atoms with Gasteiger partial charge in [0, 0.05) is 39.3 Å². The van der Waals surface area contributed by atoms with Crippen LogP contribution in [-0.4, -0.2) is 35.0 Å². The highest BCUT2D eigenvalue weighted by atomic mass is 16.5. The van der Waals surface area contributed by atoms with Crippen LogP contribution in [0.15, 0.2) is 36.7 Å². The van der Waals surface area contributed by atoms with E-state index in [2.05, 4.69) is 15.6 Å². The summed E-state index contributed by atoms with van der Waals surface area (Å²) < 4.78 is 7.12.